The standard InChI is InChI=1S/C20H19ClN4O2/c1-13-15(21)9-5-10-16(13)22-20(26)25-12-6-11-17(25)19-23-18(24-27-19)14-7-3-2-4-8-14/h2-5,7-10,17H,6,11-12H2,1H3,(H,22,26)/t17-/m1/s1. The predicted octanol–water partition coefficient (Wildman–Crippen LogP) is 5.07. The first-order chi connectivity index (χ1) is 13.1. The minimum absolute atomic E-state index is 0.192. The quantitative estimate of drug-likeness (QED) is 0.686. The number of benzene rings is 2. The van der Waals surface area contributed by atoms with E-state index < -0.39 is 0 Å². The molecule has 0 aliphatic carbocycles. The molecule has 27 heavy (non-hydrogen) atoms. The summed E-state index contributed by atoms with van der Waals surface area (Å²) in [6.45, 7) is 2.52. The molecule has 6 nitrogen and oxygen atoms in total. The summed E-state index contributed by atoms with van der Waals surface area (Å²) in [6, 6.07) is 14.7. The van der Waals surface area contributed by atoms with Crippen molar-refractivity contribution in [3.8, 4) is 11.4 Å². The van der Waals surface area contributed by atoms with Gasteiger partial charge in [0.2, 0.25) is 11.7 Å². The summed E-state index contributed by atoms with van der Waals surface area (Å²) in [5.41, 5.74) is 2.43. The minimum Gasteiger partial charge on any atom is -0.337 e. The molecule has 0 spiro atoms. The van der Waals surface area contributed by atoms with Gasteiger partial charge in [0.15, 0.2) is 0 Å². The number of likely N-dealkylation sites (tertiary alicyclic amines) is 1. The second-order valence-corrected chi connectivity index (χ2v) is 6.92. The molecule has 1 aliphatic heterocycles. The topological polar surface area (TPSA) is 71.3 Å². The fourth-order valence-corrected chi connectivity index (χ4v) is 3.45. The number of aromatic nitrogens is 2. The van der Waals surface area contributed by atoms with Crippen molar-refractivity contribution >= 4 is 23.3 Å². The fourth-order valence-electron chi connectivity index (χ4n) is 3.27. The van der Waals surface area contributed by atoms with Crippen LogP contribution in [0.3, 0.4) is 0 Å². The Hall–Kier alpha value is -2.86. The van der Waals surface area contributed by atoms with Crippen LogP contribution in [0.15, 0.2) is 53.1 Å². The van der Waals surface area contributed by atoms with E-state index in [1.807, 2.05) is 49.4 Å². The van der Waals surface area contributed by atoms with E-state index in [0.717, 1.165) is 24.0 Å². The first-order valence-corrected chi connectivity index (χ1v) is 9.23. The molecule has 2 heterocycles. The highest BCUT2D eigenvalue weighted by Crippen LogP contribution is 2.33. The zero-order valence-electron chi connectivity index (χ0n) is 14.9. The van der Waals surface area contributed by atoms with E-state index in [9.17, 15) is 4.79 Å². The van der Waals surface area contributed by atoms with Crippen LogP contribution < -0.4 is 5.32 Å². The molecule has 1 saturated heterocycles. The second-order valence-electron chi connectivity index (χ2n) is 6.52. The predicted molar refractivity (Wildman–Crippen MR) is 104 cm³/mol. The van der Waals surface area contributed by atoms with Crippen LogP contribution in [0, 0.1) is 6.92 Å². The maximum absolute atomic E-state index is 12.8. The van der Waals surface area contributed by atoms with Crippen LogP contribution in [0.25, 0.3) is 11.4 Å². The number of carbonyl (C=O) groups excluding carboxylic acids is 1. The Morgan fingerprint density at radius 3 is 2.85 bits per heavy atom. The van der Waals surface area contributed by atoms with Gasteiger partial charge in [0.1, 0.15) is 6.04 Å². The number of hydrogen-bond acceptors (Lipinski definition) is 4. The number of carbonyl (C=O) groups is 1. The Kier molecular flexibility index (Phi) is 4.81. The second kappa shape index (κ2) is 7.40. The summed E-state index contributed by atoms with van der Waals surface area (Å²) in [4.78, 5) is 19.1. The lowest BCUT2D eigenvalue weighted by Gasteiger charge is -2.23. The summed E-state index contributed by atoms with van der Waals surface area (Å²) in [7, 11) is 0. The molecular weight excluding hydrogens is 364 g/mol. The molecule has 1 atom stereocenters. The van der Waals surface area contributed by atoms with Crippen molar-refractivity contribution in [3.05, 3.63) is 65.0 Å². The summed E-state index contributed by atoms with van der Waals surface area (Å²) in [5, 5.41) is 7.64. The maximum atomic E-state index is 12.8. The van der Waals surface area contributed by atoms with Crippen LogP contribution in [-0.2, 0) is 0 Å². The van der Waals surface area contributed by atoms with Gasteiger partial charge in [0, 0.05) is 22.8 Å². The first-order valence-electron chi connectivity index (χ1n) is 8.85. The zero-order valence-corrected chi connectivity index (χ0v) is 15.6. The molecule has 0 unspecified atom stereocenters. The lowest BCUT2D eigenvalue weighted by Crippen LogP contribution is -2.34. The molecule has 1 aliphatic rings. The number of anilines is 1. The highest BCUT2D eigenvalue weighted by atomic mass is 35.5. The molecule has 3 aromatic rings. The Morgan fingerprint density at radius 1 is 1.22 bits per heavy atom. The van der Waals surface area contributed by atoms with Crippen molar-refractivity contribution in [2.24, 2.45) is 0 Å². The summed E-state index contributed by atoms with van der Waals surface area (Å²) >= 11 is 6.14. The van der Waals surface area contributed by atoms with Crippen molar-refractivity contribution in [1.82, 2.24) is 15.0 Å². The van der Waals surface area contributed by atoms with Gasteiger partial charge in [-0.1, -0.05) is 53.2 Å². The minimum atomic E-state index is -0.227. The molecule has 4 rings (SSSR count). The number of rotatable bonds is 3. The summed E-state index contributed by atoms with van der Waals surface area (Å²) in [5.74, 6) is 0.993. The van der Waals surface area contributed by atoms with Gasteiger partial charge in [-0.15, -0.1) is 0 Å². The summed E-state index contributed by atoms with van der Waals surface area (Å²) in [6.07, 6.45) is 1.67. The number of hydrogen-bond donors (Lipinski definition) is 1. The number of nitrogens with zero attached hydrogens (tertiary/aromatic N) is 3. The molecule has 1 aromatic heterocycles. The van der Waals surface area contributed by atoms with E-state index in [1.165, 1.54) is 0 Å². The molecule has 0 radical (unpaired) electrons. The van der Waals surface area contributed by atoms with Gasteiger partial charge >= 0.3 is 6.03 Å². The van der Waals surface area contributed by atoms with Crippen molar-refractivity contribution in [2.45, 2.75) is 25.8 Å². The van der Waals surface area contributed by atoms with Crippen LogP contribution in [0.2, 0.25) is 5.02 Å². The molecule has 7 heteroatoms. The lowest BCUT2D eigenvalue weighted by atomic mass is 10.2. The van der Waals surface area contributed by atoms with Crippen molar-refractivity contribution in [1.29, 1.82) is 0 Å². The van der Waals surface area contributed by atoms with Crippen LogP contribution in [0.4, 0.5) is 10.5 Å². The monoisotopic (exact) mass is 382 g/mol. The number of nitrogens with one attached hydrogen (secondary N) is 1. The zero-order chi connectivity index (χ0) is 18.8. The van der Waals surface area contributed by atoms with Crippen LogP contribution in [-0.4, -0.2) is 27.6 Å². The van der Waals surface area contributed by atoms with Crippen molar-refractivity contribution in [2.75, 3.05) is 11.9 Å². The van der Waals surface area contributed by atoms with Gasteiger partial charge in [0.25, 0.3) is 0 Å². The first kappa shape index (κ1) is 17.5. The largest absolute Gasteiger partial charge is 0.337 e. The van der Waals surface area contributed by atoms with Crippen LogP contribution in [0.1, 0.15) is 30.3 Å². The third-order valence-corrected chi connectivity index (χ3v) is 5.19. The third-order valence-electron chi connectivity index (χ3n) is 4.78. The SMILES string of the molecule is Cc1c(Cl)cccc1NC(=O)N1CCC[C@@H]1c1nc(-c2ccccc2)no1. The fraction of sp³-hybridized carbons (Fsp3) is 0.250. The van der Waals surface area contributed by atoms with Gasteiger partial charge < -0.3 is 14.7 Å². The number of urea groups is 1. The molecule has 1 N–H and O–H groups in total. The van der Waals surface area contributed by atoms with Gasteiger partial charge in [0.05, 0.1) is 0 Å². The van der Waals surface area contributed by atoms with Gasteiger partial charge in [-0.25, -0.2) is 4.79 Å². The Balaban J connectivity index is 1.53. The Labute approximate surface area is 162 Å². The van der Waals surface area contributed by atoms with Crippen molar-refractivity contribution < 1.29 is 9.32 Å². The van der Waals surface area contributed by atoms with E-state index in [1.54, 1.807) is 11.0 Å². The van der Waals surface area contributed by atoms with Gasteiger partial charge in [-0.3, -0.25) is 0 Å². The average molecular weight is 383 g/mol. The number of halogens is 1. The molecule has 0 bridgehead atoms. The van der Waals surface area contributed by atoms with Crippen LogP contribution >= 0.6 is 11.6 Å². The molecule has 2 aromatic carbocycles. The van der Waals surface area contributed by atoms with Gasteiger partial charge in [-0.05, 0) is 37.5 Å². The van der Waals surface area contributed by atoms with Crippen LogP contribution in [0.5, 0.6) is 0 Å². The van der Waals surface area contributed by atoms with E-state index in [0.29, 0.717) is 29.0 Å². The highest BCUT2D eigenvalue weighted by Gasteiger charge is 2.34. The average Bonchev–Trinajstić information content (AvgIpc) is 3.35. The number of amides is 2. The lowest BCUT2D eigenvalue weighted by molar-refractivity contribution is 0.193. The van der Waals surface area contributed by atoms with Gasteiger partial charge in [-0.2, -0.15) is 4.98 Å². The smallest absolute Gasteiger partial charge is 0.322 e. The Bertz CT molecular complexity index is 958. The van der Waals surface area contributed by atoms with E-state index in [4.69, 9.17) is 16.1 Å². The molecule has 0 saturated carbocycles. The Morgan fingerprint density at radius 2 is 2.04 bits per heavy atom. The molecule has 138 valence electrons. The molecule has 1 fully saturated rings. The van der Waals surface area contributed by atoms with Crippen molar-refractivity contribution in [3.63, 3.8) is 0 Å². The third kappa shape index (κ3) is 3.53. The molecular formula is C20H19ClN4O2. The maximum Gasteiger partial charge on any atom is 0.322 e. The van der Waals surface area contributed by atoms with E-state index >= 15 is 0 Å². The van der Waals surface area contributed by atoms with E-state index in [-0.39, 0.29) is 12.1 Å². The normalized spacial score (nSPS) is 16.5. The summed E-state index contributed by atoms with van der Waals surface area (Å²) < 4.78 is 5.47. The van der Waals surface area contributed by atoms with E-state index in [2.05, 4.69) is 15.5 Å². The molecule has 2 amide bonds. The highest BCUT2D eigenvalue weighted by molar-refractivity contribution is 6.31.